The van der Waals surface area contributed by atoms with Gasteiger partial charge in [-0.1, -0.05) is 53.6 Å². The van der Waals surface area contributed by atoms with E-state index in [1.54, 1.807) is 4.68 Å². The predicted octanol–water partition coefficient (Wildman–Crippen LogP) is 3.54. The molecule has 0 fully saturated rings. The van der Waals surface area contributed by atoms with Gasteiger partial charge in [0, 0.05) is 17.1 Å². The summed E-state index contributed by atoms with van der Waals surface area (Å²) in [6, 6.07) is 17.7. The number of aromatic nitrogens is 2. The molecule has 2 heterocycles. The summed E-state index contributed by atoms with van der Waals surface area (Å²) in [4.78, 5) is 12.2. The van der Waals surface area contributed by atoms with Crippen LogP contribution in [0.4, 0.5) is 0 Å². The van der Waals surface area contributed by atoms with Crippen LogP contribution in [0.3, 0.4) is 0 Å². The summed E-state index contributed by atoms with van der Waals surface area (Å²) in [5.41, 5.74) is 4.68. The van der Waals surface area contributed by atoms with Crippen molar-refractivity contribution in [1.29, 1.82) is 0 Å². The molecule has 1 amide bonds. The van der Waals surface area contributed by atoms with Gasteiger partial charge in [0.15, 0.2) is 0 Å². The van der Waals surface area contributed by atoms with Gasteiger partial charge in [-0.3, -0.25) is 10.1 Å². The van der Waals surface area contributed by atoms with Crippen molar-refractivity contribution in [2.75, 3.05) is 6.54 Å². The molecule has 5 nitrogen and oxygen atoms in total. The Balaban J connectivity index is 1.58. The molecule has 0 saturated heterocycles. The summed E-state index contributed by atoms with van der Waals surface area (Å²) in [5.74, 6) is -0.105. The molecule has 132 valence electrons. The Bertz CT molecular complexity index is 931. The number of nitrogens with one attached hydrogen (secondary N) is 2. The van der Waals surface area contributed by atoms with Crippen molar-refractivity contribution in [3.8, 4) is 11.3 Å². The van der Waals surface area contributed by atoms with Gasteiger partial charge in [0.25, 0.3) is 5.91 Å². The lowest BCUT2D eigenvalue weighted by Gasteiger charge is -2.25. The Labute approximate surface area is 157 Å². The van der Waals surface area contributed by atoms with Crippen molar-refractivity contribution in [3.05, 3.63) is 76.4 Å². The first-order chi connectivity index (χ1) is 12.6. The Morgan fingerprint density at radius 2 is 1.92 bits per heavy atom. The second-order valence-corrected chi connectivity index (χ2v) is 6.90. The smallest absolute Gasteiger partial charge is 0.269 e. The molecule has 1 aliphatic rings. The first-order valence-electron chi connectivity index (χ1n) is 8.53. The van der Waals surface area contributed by atoms with Gasteiger partial charge in [-0.2, -0.15) is 5.10 Å². The van der Waals surface area contributed by atoms with Crippen LogP contribution in [-0.2, 0) is 6.54 Å². The molecule has 0 saturated carbocycles. The minimum atomic E-state index is -0.105. The van der Waals surface area contributed by atoms with Crippen LogP contribution < -0.4 is 10.6 Å². The van der Waals surface area contributed by atoms with E-state index >= 15 is 0 Å². The van der Waals surface area contributed by atoms with Gasteiger partial charge in [0.05, 0.1) is 12.2 Å². The molecule has 26 heavy (non-hydrogen) atoms. The van der Waals surface area contributed by atoms with Gasteiger partial charge in [0.2, 0.25) is 0 Å². The van der Waals surface area contributed by atoms with E-state index in [0.717, 1.165) is 11.3 Å². The quantitative estimate of drug-likeness (QED) is 0.742. The highest BCUT2D eigenvalue weighted by molar-refractivity contribution is 6.30. The predicted molar refractivity (Wildman–Crippen MR) is 102 cm³/mol. The third-order valence-corrected chi connectivity index (χ3v) is 4.77. The molecule has 3 aromatic rings. The molecule has 0 bridgehead atoms. The topological polar surface area (TPSA) is 58.9 Å². The molecule has 6 heteroatoms. The van der Waals surface area contributed by atoms with Crippen molar-refractivity contribution in [2.24, 2.45) is 0 Å². The van der Waals surface area contributed by atoms with Gasteiger partial charge in [-0.15, -0.1) is 0 Å². The van der Waals surface area contributed by atoms with Crippen LogP contribution in [0.1, 0.15) is 27.8 Å². The first-order valence-corrected chi connectivity index (χ1v) is 8.90. The molecule has 2 N–H and O–H groups in total. The number of amides is 1. The van der Waals surface area contributed by atoms with E-state index < -0.39 is 0 Å². The van der Waals surface area contributed by atoms with Crippen LogP contribution in [0.25, 0.3) is 11.3 Å². The van der Waals surface area contributed by atoms with Gasteiger partial charge < -0.3 is 5.32 Å². The number of rotatable bonds is 4. The van der Waals surface area contributed by atoms with Gasteiger partial charge in [0.1, 0.15) is 11.9 Å². The lowest BCUT2D eigenvalue weighted by molar-refractivity contribution is 0.0900. The molecule has 2 aromatic carbocycles. The standard InChI is InChI=1S/C20H19ClN4O/c1-13-2-4-14(5-3-13)11-22-19-12-23-20(26)18-10-17(24-25(18)19)15-6-8-16(21)9-7-15/h2-10,19,22H,11-12H2,1H3,(H,23,26). The Hall–Kier alpha value is -2.63. The van der Waals surface area contributed by atoms with E-state index in [9.17, 15) is 4.79 Å². The summed E-state index contributed by atoms with van der Waals surface area (Å²) in [6.07, 6.45) is -0.0925. The number of nitrogens with zero attached hydrogens (tertiary/aromatic N) is 2. The summed E-state index contributed by atoms with van der Waals surface area (Å²) in [6.45, 7) is 3.28. The highest BCUT2D eigenvalue weighted by atomic mass is 35.5. The van der Waals surface area contributed by atoms with Gasteiger partial charge in [-0.25, -0.2) is 4.68 Å². The number of benzene rings is 2. The lowest BCUT2D eigenvalue weighted by atomic mass is 10.1. The summed E-state index contributed by atoms with van der Waals surface area (Å²) >= 11 is 5.96. The van der Waals surface area contributed by atoms with Gasteiger partial charge in [-0.05, 0) is 30.7 Å². The molecule has 1 aliphatic heterocycles. The molecular weight excluding hydrogens is 348 g/mol. The largest absolute Gasteiger partial charge is 0.347 e. The second-order valence-electron chi connectivity index (χ2n) is 6.46. The second kappa shape index (κ2) is 6.94. The van der Waals surface area contributed by atoms with Crippen LogP contribution in [0.5, 0.6) is 0 Å². The van der Waals surface area contributed by atoms with E-state index in [2.05, 4.69) is 46.9 Å². The minimum absolute atomic E-state index is 0.0925. The minimum Gasteiger partial charge on any atom is -0.347 e. The molecular formula is C20H19ClN4O. The number of aryl methyl sites for hydroxylation is 1. The van der Waals surface area contributed by atoms with E-state index in [0.29, 0.717) is 23.8 Å². The normalized spacial score (nSPS) is 16.2. The molecule has 1 aromatic heterocycles. The SMILES string of the molecule is Cc1ccc(CNC2CNC(=O)c3cc(-c4ccc(Cl)cc4)nn32)cc1. The highest BCUT2D eigenvalue weighted by Crippen LogP contribution is 2.24. The van der Waals surface area contributed by atoms with E-state index in [1.165, 1.54) is 11.1 Å². The van der Waals surface area contributed by atoms with Crippen LogP contribution in [-0.4, -0.2) is 22.2 Å². The van der Waals surface area contributed by atoms with E-state index in [4.69, 9.17) is 11.6 Å². The zero-order valence-corrected chi connectivity index (χ0v) is 15.1. The third kappa shape index (κ3) is 3.36. The fourth-order valence-corrected chi connectivity index (χ4v) is 3.16. The number of hydrogen-bond donors (Lipinski definition) is 2. The number of halogens is 1. The van der Waals surface area contributed by atoms with Crippen molar-refractivity contribution >= 4 is 17.5 Å². The average Bonchev–Trinajstić information content (AvgIpc) is 3.10. The maximum absolute atomic E-state index is 12.2. The maximum atomic E-state index is 12.2. The molecule has 0 aliphatic carbocycles. The zero-order valence-electron chi connectivity index (χ0n) is 14.4. The van der Waals surface area contributed by atoms with Crippen LogP contribution in [0.15, 0.2) is 54.6 Å². The average molecular weight is 367 g/mol. The third-order valence-electron chi connectivity index (χ3n) is 4.52. The Kier molecular flexibility index (Phi) is 4.49. The van der Waals surface area contributed by atoms with Crippen LogP contribution in [0.2, 0.25) is 5.02 Å². The van der Waals surface area contributed by atoms with Crippen molar-refractivity contribution < 1.29 is 4.79 Å². The van der Waals surface area contributed by atoms with Crippen LogP contribution >= 0.6 is 11.6 Å². The first kappa shape index (κ1) is 16.8. The zero-order chi connectivity index (χ0) is 18.1. The van der Waals surface area contributed by atoms with Gasteiger partial charge >= 0.3 is 0 Å². The number of carbonyl (C=O) groups excluding carboxylic acids is 1. The van der Waals surface area contributed by atoms with E-state index in [-0.39, 0.29) is 12.1 Å². The maximum Gasteiger partial charge on any atom is 0.269 e. The molecule has 1 unspecified atom stereocenters. The summed E-state index contributed by atoms with van der Waals surface area (Å²) in [7, 11) is 0. The van der Waals surface area contributed by atoms with Crippen molar-refractivity contribution in [3.63, 3.8) is 0 Å². The van der Waals surface area contributed by atoms with Crippen LogP contribution in [0, 0.1) is 6.92 Å². The molecule has 0 spiro atoms. The monoisotopic (exact) mass is 366 g/mol. The summed E-state index contributed by atoms with van der Waals surface area (Å²) < 4.78 is 1.77. The molecule has 1 atom stereocenters. The van der Waals surface area contributed by atoms with E-state index in [1.807, 2.05) is 30.3 Å². The molecule has 4 rings (SSSR count). The Morgan fingerprint density at radius 3 is 2.65 bits per heavy atom. The summed E-state index contributed by atoms with van der Waals surface area (Å²) in [5, 5.41) is 11.7. The number of fused-ring (bicyclic) bond motifs is 1. The number of hydrogen-bond acceptors (Lipinski definition) is 3. The number of carbonyl (C=O) groups is 1. The Morgan fingerprint density at radius 1 is 1.19 bits per heavy atom. The van der Waals surface area contributed by atoms with Crippen molar-refractivity contribution in [1.82, 2.24) is 20.4 Å². The fraction of sp³-hybridized carbons (Fsp3) is 0.200. The van der Waals surface area contributed by atoms with Crippen molar-refractivity contribution in [2.45, 2.75) is 19.6 Å². The lowest BCUT2D eigenvalue weighted by Crippen LogP contribution is -2.45. The highest BCUT2D eigenvalue weighted by Gasteiger charge is 2.27. The molecule has 0 radical (unpaired) electrons. The fourth-order valence-electron chi connectivity index (χ4n) is 3.03.